The van der Waals surface area contributed by atoms with Crippen LogP contribution in [0, 0.1) is 5.92 Å². The van der Waals surface area contributed by atoms with Gasteiger partial charge in [-0.05, 0) is 30.3 Å². The van der Waals surface area contributed by atoms with Crippen molar-refractivity contribution in [2.45, 2.75) is 6.42 Å². The molecule has 2 aromatic carbocycles. The largest absolute Gasteiger partial charge is 0.493 e. The number of nitrogens with zero attached hydrogens (tertiary/aromatic N) is 2. The van der Waals surface area contributed by atoms with Crippen molar-refractivity contribution in [3.63, 3.8) is 0 Å². The van der Waals surface area contributed by atoms with Crippen LogP contribution in [0.5, 0.6) is 11.5 Å². The standard InChI is InChI=1S/C22H20ClN3O4S/c1-29-18-8-7-13(9-19(18)30-2)16-12-31-22(24-16)25-21(28)14-10-20(27)26(11-14)17-6-4-3-5-15(17)23/h3-9,12,14H,10-11H2,1-2H3,(H,24,25,28). The Kier molecular flexibility index (Phi) is 6.11. The van der Waals surface area contributed by atoms with Gasteiger partial charge in [-0.15, -0.1) is 11.3 Å². The summed E-state index contributed by atoms with van der Waals surface area (Å²) in [5.74, 6) is 0.387. The monoisotopic (exact) mass is 457 g/mol. The van der Waals surface area contributed by atoms with Gasteiger partial charge >= 0.3 is 0 Å². The number of aromatic nitrogens is 1. The van der Waals surface area contributed by atoms with Gasteiger partial charge in [-0.25, -0.2) is 4.98 Å². The van der Waals surface area contributed by atoms with Crippen molar-refractivity contribution in [2.75, 3.05) is 31.0 Å². The third-order valence-electron chi connectivity index (χ3n) is 5.05. The van der Waals surface area contributed by atoms with Gasteiger partial charge in [0.2, 0.25) is 11.8 Å². The van der Waals surface area contributed by atoms with E-state index in [2.05, 4.69) is 10.3 Å². The Morgan fingerprint density at radius 3 is 2.71 bits per heavy atom. The van der Waals surface area contributed by atoms with Crippen molar-refractivity contribution >= 4 is 45.6 Å². The van der Waals surface area contributed by atoms with Crippen molar-refractivity contribution in [3.05, 3.63) is 52.9 Å². The number of carbonyl (C=O) groups excluding carboxylic acids is 2. The second kappa shape index (κ2) is 8.95. The number of carbonyl (C=O) groups is 2. The molecule has 1 aliphatic rings. The summed E-state index contributed by atoms with van der Waals surface area (Å²) in [6.45, 7) is 0.280. The highest BCUT2D eigenvalue weighted by Crippen LogP contribution is 2.34. The molecule has 1 fully saturated rings. The summed E-state index contributed by atoms with van der Waals surface area (Å²) in [6.07, 6.45) is 0.130. The molecule has 1 saturated heterocycles. The lowest BCUT2D eigenvalue weighted by atomic mass is 10.1. The number of ether oxygens (including phenoxy) is 2. The number of halogens is 1. The predicted molar refractivity (Wildman–Crippen MR) is 121 cm³/mol. The lowest BCUT2D eigenvalue weighted by Crippen LogP contribution is -2.28. The maximum atomic E-state index is 12.8. The summed E-state index contributed by atoms with van der Waals surface area (Å²) in [5, 5.41) is 5.64. The van der Waals surface area contributed by atoms with Crippen LogP contribution in [-0.2, 0) is 9.59 Å². The molecule has 0 spiro atoms. The summed E-state index contributed by atoms with van der Waals surface area (Å²) < 4.78 is 10.6. The van der Waals surface area contributed by atoms with Gasteiger partial charge in [0, 0.05) is 23.9 Å². The van der Waals surface area contributed by atoms with Gasteiger partial charge in [0.25, 0.3) is 0 Å². The number of amides is 2. The van der Waals surface area contributed by atoms with Gasteiger partial charge in [0.05, 0.1) is 36.5 Å². The number of methoxy groups -OCH3 is 2. The molecule has 0 bridgehead atoms. The van der Waals surface area contributed by atoms with E-state index in [9.17, 15) is 9.59 Å². The molecule has 2 amide bonds. The lowest BCUT2D eigenvalue weighted by Gasteiger charge is -2.17. The van der Waals surface area contributed by atoms with Crippen molar-refractivity contribution in [1.82, 2.24) is 4.98 Å². The SMILES string of the molecule is COc1ccc(-c2csc(NC(=O)C3CC(=O)N(c4ccccc4Cl)C3)n2)cc1OC. The van der Waals surface area contributed by atoms with Gasteiger partial charge in [0.15, 0.2) is 16.6 Å². The van der Waals surface area contributed by atoms with Gasteiger partial charge < -0.3 is 19.7 Å². The van der Waals surface area contributed by atoms with E-state index >= 15 is 0 Å². The average molecular weight is 458 g/mol. The first-order valence-corrected chi connectivity index (χ1v) is 10.8. The second-order valence-electron chi connectivity index (χ2n) is 6.95. The minimum atomic E-state index is -0.475. The first-order valence-electron chi connectivity index (χ1n) is 9.54. The highest BCUT2D eigenvalue weighted by atomic mass is 35.5. The smallest absolute Gasteiger partial charge is 0.231 e. The van der Waals surface area contributed by atoms with Gasteiger partial charge in [-0.1, -0.05) is 23.7 Å². The van der Waals surface area contributed by atoms with E-state index in [-0.39, 0.29) is 24.8 Å². The molecule has 7 nitrogen and oxygen atoms in total. The molecular weight excluding hydrogens is 438 g/mol. The lowest BCUT2D eigenvalue weighted by molar-refractivity contribution is -0.122. The van der Waals surface area contributed by atoms with E-state index in [4.69, 9.17) is 21.1 Å². The van der Waals surface area contributed by atoms with E-state index in [0.29, 0.717) is 33.0 Å². The van der Waals surface area contributed by atoms with Crippen molar-refractivity contribution < 1.29 is 19.1 Å². The van der Waals surface area contributed by atoms with Crippen molar-refractivity contribution in [1.29, 1.82) is 0 Å². The molecule has 4 rings (SSSR count). The van der Waals surface area contributed by atoms with Crippen LogP contribution in [-0.4, -0.2) is 37.6 Å². The normalized spacial score (nSPS) is 15.8. The highest BCUT2D eigenvalue weighted by Gasteiger charge is 2.36. The van der Waals surface area contributed by atoms with E-state index in [1.165, 1.54) is 11.3 Å². The van der Waals surface area contributed by atoms with E-state index in [0.717, 1.165) is 5.56 Å². The number of anilines is 2. The minimum absolute atomic E-state index is 0.126. The minimum Gasteiger partial charge on any atom is -0.493 e. The van der Waals surface area contributed by atoms with Crippen LogP contribution in [0.2, 0.25) is 5.02 Å². The van der Waals surface area contributed by atoms with Crippen LogP contribution < -0.4 is 19.7 Å². The molecule has 0 aliphatic carbocycles. The van der Waals surface area contributed by atoms with Crippen LogP contribution >= 0.6 is 22.9 Å². The molecule has 1 N–H and O–H groups in total. The number of rotatable bonds is 6. The zero-order valence-electron chi connectivity index (χ0n) is 16.9. The number of benzene rings is 2. The van der Waals surface area contributed by atoms with E-state index in [1.807, 2.05) is 23.6 Å². The van der Waals surface area contributed by atoms with E-state index < -0.39 is 5.92 Å². The van der Waals surface area contributed by atoms with Crippen LogP contribution in [0.4, 0.5) is 10.8 Å². The molecular formula is C22H20ClN3O4S. The fraction of sp³-hybridized carbons (Fsp3) is 0.227. The number of hydrogen-bond donors (Lipinski definition) is 1. The number of nitrogens with one attached hydrogen (secondary N) is 1. The third kappa shape index (κ3) is 4.35. The van der Waals surface area contributed by atoms with Crippen LogP contribution in [0.25, 0.3) is 11.3 Å². The van der Waals surface area contributed by atoms with Crippen LogP contribution in [0.15, 0.2) is 47.8 Å². The Hall–Kier alpha value is -3.10. The van der Waals surface area contributed by atoms with E-state index in [1.54, 1.807) is 43.4 Å². The first kappa shape index (κ1) is 21.1. The van der Waals surface area contributed by atoms with Crippen molar-refractivity contribution in [2.24, 2.45) is 5.92 Å². The topological polar surface area (TPSA) is 80.8 Å². The first-order chi connectivity index (χ1) is 15.0. The predicted octanol–water partition coefficient (Wildman–Crippen LogP) is 4.47. The fourth-order valence-corrected chi connectivity index (χ4v) is 4.41. The maximum Gasteiger partial charge on any atom is 0.231 e. The van der Waals surface area contributed by atoms with Crippen LogP contribution in [0.1, 0.15) is 6.42 Å². The molecule has 1 unspecified atom stereocenters. The molecule has 1 atom stereocenters. The number of para-hydroxylation sites is 1. The molecule has 3 aromatic rings. The molecule has 1 aromatic heterocycles. The Bertz CT molecular complexity index is 1130. The molecule has 0 radical (unpaired) electrons. The Morgan fingerprint density at radius 2 is 1.97 bits per heavy atom. The quantitative estimate of drug-likeness (QED) is 0.590. The highest BCUT2D eigenvalue weighted by molar-refractivity contribution is 7.14. The summed E-state index contributed by atoms with van der Waals surface area (Å²) in [4.78, 5) is 31.3. The molecule has 0 saturated carbocycles. The zero-order valence-corrected chi connectivity index (χ0v) is 18.5. The number of thiazole rings is 1. The number of hydrogen-bond acceptors (Lipinski definition) is 6. The molecule has 31 heavy (non-hydrogen) atoms. The average Bonchev–Trinajstić information content (AvgIpc) is 3.40. The fourth-order valence-electron chi connectivity index (χ4n) is 3.45. The molecule has 160 valence electrons. The summed E-state index contributed by atoms with van der Waals surface area (Å²) in [5.41, 5.74) is 2.17. The summed E-state index contributed by atoms with van der Waals surface area (Å²) in [7, 11) is 3.15. The van der Waals surface area contributed by atoms with Gasteiger partial charge in [-0.2, -0.15) is 0 Å². The summed E-state index contributed by atoms with van der Waals surface area (Å²) >= 11 is 7.53. The molecule has 9 heteroatoms. The zero-order chi connectivity index (χ0) is 22.0. The Balaban J connectivity index is 1.45. The Labute approximate surface area is 188 Å². The molecule has 1 aliphatic heterocycles. The molecule has 2 heterocycles. The second-order valence-corrected chi connectivity index (χ2v) is 8.22. The van der Waals surface area contributed by atoms with Gasteiger partial charge in [-0.3, -0.25) is 9.59 Å². The third-order valence-corrected chi connectivity index (χ3v) is 6.13. The summed E-state index contributed by atoms with van der Waals surface area (Å²) in [6, 6.07) is 12.6. The maximum absolute atomic E-state index is 12.8. The van der Waals surface area contributed by atoms with Crippen molar-refractivity contribution in [3.8, 4) is 22.8 Å². The Morgan fingerprint density at radius 1 is 1.19 bits per heavy atom. The van der Waals surface area contributed by atoms with Gasteiger partial charge in [0.1, 0.15) is 0 Å². The van der Waals surface area contributed by atoms with Crippen LogP contribution in [0.3, 0.4) is 0 Å².